The fraction of sp³-hybridized carbons (Fsp3) is 0.533. The standard InChI is InChI=1S/C15H21NO3/c17-14-7-1-11(2-8-14)9-10-16-13-5-3-12(4-6-13)15(18)19/h1-2,7-8,12-13,16-17H,3-6,9-10H2,(H,18,19). The number of nitrogens with one attached hydrogen (secondary N) is 1. The van der Waals surface area contributed by atoms with Crippen LogP contribution in [0.5, 0.6) is 5.75 Å². The number of aliphatic carboxylic acids is 1. The van der Waals surface area contributed by atoms with E-state index in [0.29, 0.717) is 11.8 Å². The third-order valence-corrected chi connectivity index (χ3v) is 3.86. The third kappa shape index (κ3) is 4.24. The van der Waals surface area contributed by atoms with E-state index in [1.807, 2.05) is 12.1 Å². The molecule has 0 amide bonds. The molecule has 0 bridgehead atoms. The third-order valence-electron chi connectivity index (χ3n) is 3.86. The first kappa shape index (κ1) is 13.9. The van der Waals surface area contributed by atoms with E-state index in [4.69, 9.17) is 5.11 Å². The van der Waals surface area contributed by atoms with Crippen LogP contribution in [0.4, 0.5) is 0 Å². The molecule has 0 spiro atoms. The molecule has 4 heteroatoms. The quantitative estimate of drug-likeness (QED) is 0.761. The summed E-state index contributed by atoms with van der Waals surface area (Å²) < 4.78 is 0. The molecule has 0 unspecified atom stereocenters. The molecule has 0 atom stereocenters. The van der Waals surface area contributed by atoms with Crippen LogP contribution in [0.3, 0.4) is 0 Å². The molecule has 1 aliphatic carbocycles. The molecule has 0 saturated heterocycles. The van der Waals surface area contributed by atoms with Crippen molar-refractivity contribution < 1.29 is 15.0 Å². The Morgan fingerprint density at radius 3 is 2.37 bits per heavy atom. The van der Waals surface area contributed by atoms with Crippen molar-refractivity contribution in [3.63, 3.8) is 0 Å². The molecule has 0 heterocycles. The number of carbonyl (C=O) groups is 1. The maximum Gasteiger partial charge on any atom is 0.306 e. The van der Waals surface area contributed by atoms with Gasteiger partial charge in [-0.3, -0.25) is 4.79 Å². The van der Waals surface area contributed by atoms with Gasteiger partial charge < -0.3 is 15.5 Å². The zero-order chi connectivity index (χ0) is 13.7. The molecule has 2 rings (SSSR count). The summed E-state index contributed by atoms with van der Waals surface area (Å²) in [6, 6.07) is 7.71. The number of aromatic hydroxyl groups is 1. The Bertz CT molecular complexity index is 408. The summed E-state index contributed by atoms with van der Waals surface area (Å²) in [5.74, 6) is -0.499. The van der Waals surface area contributed by atoms with Gasteiger partial charge in [0.25, 0.3) is 0 Å². The Labute approximate surface area is 113 Å². The van der Waals surface area contributed by atoms with Crippen molar-refractivity contribution in [1.82, 2.24) is 5.32 Å². The van der Waals surface area contributed by atoms with Crippen molar-refractivity contribution in [2.24, 2.45) is 5.92 Å². The van der Waals surface area contributed by atoms with Gasteiger partial charge in [0.05, 0.1) is 5.92 Å². The van der Waals surface area contributed by atoms with E-state index in [-0.39, 0.29) is 5.92 Å². The Hall–Kier alpha value is -1.55. The Morgan fingerprint density at radius 2 is 1.79 bits per heavy atom. The van der Waals surface area contributed by atoms with Crippen molar-refractivity contribution in [2.75, 3.05) is 6.54 Å². The largest absolute Gasteiger partial charge is 0.508 e. The van der Waals surface area contributed by atoms with Gasteiger partial charge in [-0.2, -0.15) is 0 Å². The SMILES string of the molecule is O=C(O)C1CCC(NCCc2ccc(O)cc2)CC1. The molecule has 1 aromatic rings. The van der Waals surface area contributed by atoms with E-state index < -0.39 is 5.97 Å². The first-order valence-corrected chi connectivity index (χ1v) is 6.89. The van der Waals surface area contributed by atoms with E-state index in [0.717, 1.165) is 38.6 Å². The second-order valence-corrected chi connectivity index (χ2v) is 5.26. The highest BCUT2D eigenvalue weighted by Gasteiger charge is 2.25. The number of carboxylic acid groups (broad SMARTS) is 1. The number of benzene rings is 1. The highest BCUT2D eigenvalue weighted by atomic mass is 16.4. The highest BCUT2D eigenvalue weighted by molar-refractivity contribution is 5.70. The van der Waals surface area contributed by atoms with Crippen LogP contribution >= 0.6 is 0 Å². The molecule has 1 saturated carbocycles. The normalized spacial score (nSPS) is 23.2. The van der Waals surface area contributed by atoms with Crippen LogP contribution in [0, 0.1) is 5.92 Å². The van der Waals surface area contributed by atoms with Crippen molar-refractivity contribution in [3.8, 4) is 5.75 Å². The summed E-state index contributed by atoms with van der Waals surface area (Å²) >= 11 is 0. The topological polar surface area (TPSA) is 69.6 Å². The maximum absolute atomic E-state index is 10.8. The van der Waals surface area contributed by atoms with Gasteiger partial charge in [-0.05, 0) is 56.3 Å². The summed E-state index contributed by atoms with van der Waals surface area (Å²) in [5.41, 5.74) is 1.20. The van der Waals surface area contributed by atoms with Crippen molar-refractivity contribution in [3.05, 3.63) is 29.8 Å². The molecule has 3 N–H and O–H groups in total. The van der Waals surface area contributed by atoms with Crippen LogP contribution in [0.1, 0.15) is 31.2 Å². The average molecular weight is 263 g/mol. The number of carboxylic acids is 1. The van der Waals surface area contributed by atoms with E-state index >= 15 is 0 Å². The number of hydrogen-bond donors (Lipinski definition) is 3. The molecule has 19 heavy (non-hydrogen) atoms. The van der Waals surface area contributed by atoms with Crippen molar-refractivity contribution >= 4 is 5.97 Å². The van der Waals surface area contributed by atoms with Gasteiger partial charge in [0.1, 0.15) is 5.75 Å². The predicted octanol–water partition coefficient (Wildman–Crippen LogP) is 2.17. The molecular weight excluding hydrogens is 242 g/mol. The second-order valence-electron chi connectivity index (χ2n) is 5.26. The summed E-state index contributed by atoms with van der Waals surface area (Å²) in [6.07, 6.45) is 4.40. The molecule has 0 aliphatic heterocycles. The number of rotatable bonds is 5. The minimum absolute atomic E-state index is 0.143. The van der Waals surface area contributed by atoms with Gasteiger partial charge in [-0.1, -0.05) is 12.1 Å². The zero-order valence-electron chi connectivity index (χ0n) is 11.0. The summed E-state index contributed by atoms with van der Waals surface area (Å²) in [5, 5.41) is 21.6. The zero-order valence-corrected chi connectivity index (χ0v) is 11.0. The minimum atomic E-state index is -0.650. The summed E-state index contributed by atoms with van der Waals surface area (Å²) in [7, 11) is 0. The number of hydrogen-bond acceptors (Lipinski definition) is 3. The van der Waals surface area contributed by atoms with Gasteiger partial charge in [-0.25, -0.2) is 0 Å². The Balaban J connectivity index is 1.67. The molecular formula is C15H21NO3. The first-order valence-electron chi connectivity index (χ1n) is 6.89. The molecule has 0 radical (unpaired) electrons. The van der Waals surface area contributed by atoms with E-state index in [1.54, 1.807) is 12.1 Å². The smallest absolute Gasteiger partial charge is 0.306 e. The monoisotopic (exact) mass is 263 g/mol. The van der Waals surface area contributed by atoms with Crippen LogP contribution in [-0.4, -0.2) is 28.8 Å². The predicted molar refractivity (Wildman–Crippen MR) is 73.2 cm³/mol. The average Bonchev–Trinajstić information content (AvgIpc) is 2.41. The van der Waals surface area contributed by atoms with Crippen LogP contribution < -0.4 is 5.32 Å². The van der Waals surface area contributed by atoms with Crippen LogP contribution in [-0.2, 0) is 11.2 Å². The summed E-state index contributed by atoms with van der Waals surface area (Å²) in [6.45, 7) is 0.896. The Kier molecular flexibility index (Phi) is 4.80. The fourth-order valence-electron chi connectivity index (χ4n) is 2.63. The lowest BCUT2D eigenvalue weighted by Gasteiger charge is -2.26. The highest BCUT2D eigenvalue weighted by Crippen LogP contribution is 2.24. The van der Waals surface area contributed by atoms with Crippen LogP contribution in [0.15, 0.2) is 24.3 Å². The van der Waals surface area contributed by atoms with Gasteiger partial charge in [-0.15, -0.1) is 0 Å². The van der Waals surface area contributed by atoms with E-state index in [2.05, 4.69) is 5.32 Å². The van der Waals surface area contributed by atoms with Gasteiger partial charge in [0, 0.05) is 6.04 Å². The van der Waals surface area contributed by atoms with Crippen molar-refractivity contribution in [1.29, 1.82) is 0 Å². The fourth-order valence-corrected chi connectivity index (χ4v) is 2.63. The van der Waals surface area contributed by atoms with Crippen LogP contribution in [0.2, 0.25) is 0 Å². The van der Waals surface area contributed by atoms with E-state index in [1.165, 1.54) is 5.56 Å². The molecule has 1 fully saturated rings. The van der Waals surface area contributed by atoms with Crippen molar-refractivity contribution in [2.45, 2.75) is 38.1 Å². The number of phenolic OH excluding ortho intramolecular Hbond substituents is 1. The minimum Gasteiger partial charge on any atom is -0.508 e. The first-order chi connectivity index (χ1) is 9.15. The molecule has 1 aromatic carbocycles. The molecule has 1 aliphatic rings. The molecule has 4 nitrogen and oxygen atoms in total. The molecule has 104 valence electrons. The lowest BCUT2D eigenvalue weighted by molar-refractivity contribution is -0.142. The van der Waals surface area contributed by atoms with Crippen LogP contribution in [0.25, 0.3) is 0 Å². The van der Waals surface area contributed by atoms with Gasteiger partial charge in [0.15, 0.2) is 0 Å². The van der Waals surface area contributed by atoms with Gasteiger partial charge >= 0.3 is 5.97 Å². The lowest BCUT2D eigenvalue weighted by atomic mass is 9.86. The van der Waals surface area contributed by atoms with E-state index in [9.17, 15) is 9.90 Å². The molecule has 0 aromatic heterocycles. The summed E-state index contributed by atoms with van der Waals surface area (Å²) in [4.78, 5) is 10.8. The number of phenols is 1. The second kappa shape index (κ2) is 6.57. The Morgan fingerprint density at radius 1 is 1.16 bits per heavy atom. The maximum atomic E-state index is 10.8. The van der Waals surface area contributed by atoms with Gasteiger partial charge in [0.2, 0.25) is 0 Å². The lowest BCUT2D eigenvalue weighted by Crippen LogP contribution is -2.36.